The van der Waals surface area contributed by atoms with E-state index in [2.05, 4.69) is 6.58 Å². The van der Waals surface area contributed by atoms with E-state index in [-0.39, 0.29) is 11.5 Å². The SMILES string of the molecule is C=Cc1ccc(C(=O)C=Cc2ccc(O)cc2)cc1. The van der Waals surface area contributed by atoms with Crippen LogP contribution in [0.15, 0.2) is 61.2 Å². The third kappa shape index (κ3) is 3.42. The van der Waals surface area contributed by atoms with Gasteiger partial charge in [-0.2, -0.15) is 0 Å². The molecule has 0 heterocycles. The van der Waals surface area contributed by atoms with E-state index in [1.165, 1.54) is 6.08 Å². The zero-order valence-electron chi connectivity index (χ0n) is 10.4. The van der Waals surface area contributed by atoms with Crippen molar-refractivity contribution in [1.82, 2.24) is 0 Å². The number of benzene rings is 2. The number of phenols is 1. The number of allylic oxidation sites excluding steroid dienone is 1. The predicted octanol–water partition coefficient (Wildman–Crippen LogP) is 3.93. The van der Waals surface area contributed by atoms with E-state index in [1.54, 1.807) is 48.6 Å². The Kier molecular flexibility index (Phi) is 3.94. The van der Waals surface area contributed by atoms with Crippen molar-refractivity contribution in [2.24, 2.45) is 0 Å². The summed E-state index contributed by atoms with van der Waals surface area (Å²) in [6.45, 7) is 3.67. The predicted molar refractivity (Wildman–Crippen MR) is 78.0 cm³/mol. The normalized spacial score (nSPS) is 10.5. The summed E-state index contributed by atoms with van der Waals surface area (Å²) in [5.74, 6) is 0.159. The number of carbonyl (C=O) groups is 1. The summed E-state index contributed by atoms with van der Waals surface area (Å²) in [7, 11) is 0. The lowest BCUT2D eigenvalue weighted by Crippen LogP contribution is -1.93. The molecule has 0 saturated heterocycles. The summed E-state index contributed by atoms with van der Waals surface area (Å²) >= 11 is 0. The minimum Gasteiger partial charge on any atom is -0.508 e. The molecule has 1 N–H and O–H groups in total. The second-order valence-electron chi connectivity index (χ2n) is 4.12. The van der Waals surface area contributed by atoms with Crippen molar-refractivity contribution in [2.75, 3.05) is 0 Å². The topological polar surface area (TPSA) is 37.3 Å². The Morgan fingerprint density at radius 2 is 1.53 bits per heavy atom. The van der Waals surface area contributed by atoms with E-state index >= 15 is 0 Å². The Morgan fingerprint density at radius 1 is 0.947 bits per heavy atom. The molecule has 0 amide bonds. The largest absolute Gasteiger partial charge is 0.508 e. The minimum absolute atomic E-state index is 0.0521. The number of aromatic hydroxyl groups is 1. The lowest BCUT2D eigenvalue weighted by Gasteiger charge is -1.97. The smallest absolute Gasteiger partial charge is 0.185 e. The average molecular weight is 250 g/mol. The van der Waals surface area contributed by atoms with Crippen LogP contribution in [0.1, 0.15) is 21.5 Å². The van der Waals surface area contributed by atoms with Crippen molar-refractivity contribution in [3.63, 3.8) is 0 Å². The van der Waals surface area contributed by atoms with Crippen molar-refractivity contribution >= 4 is 17.9 Å². The van der Waals surface area contributed by atoms with Gasteiger partial charge in [0.15, 0.2) is 5.78 Å². The number of carbonyl (C=O) groups excluding carboxylic acids is 1. The van der Waals surface area contributed by atoms with Crippen LogP contribution in [0.3, 0.4) is 0 Å². The maximum Gasteiger partial charge on any atom is 0.185 e. The van der Waals surface area contributed by atoms with Crippen LogP contribution in [0.4, 0.5) is 0 Å². The maximum absolute atomic E-state index is 11.9. The van der Waals surface area contributed by atoms with Crippen LogP contribution in [0, 0.1) is 0 Å². The summed E-state index contributed by atoms with van der Waals surface area (Å²) in [4.78, 5) is 11.9. The molecule has 19 heavy (non-hydrogen) atoms. The Morgan fingerprint density at radius 3 is 2.11 bits per heavy atom. The summed E-state index contributed by atoms with van der Waals surface area (Å²) < 4.78 is 0. The van der Waals surface area contributed by atoms with Crippen molar-refractivity contribution < 1.29 is 9.90 Å². The van der Waals surface area contributed by atoms with Gasteiger partial charge in [-0.25, -0.2) is 0 Å². The molecule has 2 aromatic rings. The van der Waals surface area contributed by atoms with Crippen LogP contribution < -0.4 is 0 Å². The van der Waals surface area contributed by atoms with Crippen LogP contribution in [0.2, 0.25) is 0 Å². The van der Waals surface area contributed by atoms with Crippen LogP contribution in [-0.4, -0.2) is 10.9 Å². The molecule has 2 nitrogen and oxygen atoms in total. The van der Waals surface area contributed by atoms with Crippen LogP contribution in [-0.2, 0) is 0 Å². The number of ketones is 1. The van der Waals surface area contributed by atoms with E-state index in [0.717, 1.165) is 11.1 Å². The van der Waals surface area contributed by atoms with Gasteiger partial charge in [0.1, 0.15) is 5.75 Å². The molecule has 0 aromatic heterocycles. The standard InChI is InChI=1S/C17H14O2/c1-2-13-3-8-15(9-4-13)17(19)12-7-14-5-10-16(18)11-6-14/h2-12,18H,1H2. The highest BCUT2D eigenvalue weighted by Gasteiger charge is 2.00. The summed E-state index contributed by atoms with van der Waals surface area (Å²) in [5.41, 5.74) is 2.49. The van der Waals surface area contributed by atoms with Crippen LogP contribution >= 0.6 is 0 Å². The molecule has 0 spiro atoms. The quantitative estimate of drug-likeness (QED) is 0.659. The Labute approximate surface area is 112 Å². The lowest BCUT2D eigenvalue weighted by atomic mass is 10.1. The second kappa shape index (κ2) is 5.83. The molecule has 0 saturated carbocycles. The number of phenolic OH excluding ortho intramolecular Hbond substituents is 1. The van der Waals surface area contributed by atoms with Crippen molar-refractivity contribution in [2.45, 2.75) is 0 Å². The highest BCUT2D eigenvalue weighted by Crippen LogP contribution is 2.12. The molecular formula is C17H14O2. The van der Waals surface area contributed by atoms with E-state index in [0.29, 0.717) is 5.56 Å². The van der Waals surface area contributed by atoms with Gasteiger partial charge in [-0.1, -0.05) is 55.1 Å². The molecule has 94 valence electrons. The first-order valence-corrected chi connectivity index (χ1v) is 5.93. The molecule has 0 aliphatic carbocycles. The summed E-state index contributed by atoms with van der Waals surface area (Å²) in [6, 6.07) is 13.9. The summed E-state index contributed by atoms with van der Waals surface area (Å²) in [6.07, 6.45) is 4.99. The van der Waals surface area contributed by atoms with Gasteiger partial charge >= 0.3 is 0 Å². The molecule has 0 bridgehead atoms. The van der Waals surface area contributed by atoms with E-state index in [1.807, 2.05) is 12.1 Å². The Hall–Kier alpha value is -2.61. The Bertz CT molecular complexity index is 605. The Balaban J connectivity index is 2.11. The first-order valence-electron chi connectivity index (χ1n) is 5.93. The van der Waals surface area contributed by atoms with E-state index in [9.17, 15) is 4.79 Å². The van der Waals surface area contributed by atoms with Gasteiger partial charge in [0.05, 0.1) is 0 Å². The third-order valence-corrected chi connectivity index (χ3v) is 2.75. The van der Waals surface area contributed by atoms with Gasteiger partial charge < -0.3 is 5.11 Å². The first kappa shape index (κ1) is 12.8. The van der Waals surface area contributed by atoms with Gasteiger partial charge in [0, 0.05) is 5.56 Å². The van der Waals surface area contributed by atoms with Crippen molar-refractivity contribution in [3.8, 4) is 5.75 Å². The van der Waals surface area contributed by atoms with Gasteiger partial charge in [-0.3, -0.25) is 4.79 Å². The molecule has 0 atom stereocenters. The van der Waals surface area contributed by atoms with Gasteiger partial charge in [-0.15, -0.1) is 0 Å². The van der Waals surface area contributed by atoms with E-state index in [4.69, 9.17) is 5.11 Å². The molecule has 2 rings (SSSR count). The minimum atomic E-state index is -0.0521. The maximum atomic E-state index is 11.9. The molecule has 2 heteroatoms. The molecular weight excluding hydrogens is 236 g/mol. The number of hydrogen-bond donors (Lipinski definition) is 1. The fraction of sp³-hybridized carbons (Fsp3) is 0. The molecule has 0 fully saturated rings. The highest BCUT2D eigenvalue weighted by atomic mass is 16.3. The molecule has 0 unspecified atom stereocenters. The fourth-order valence-corrected chi connectivity index (χ4v) is 1.64. The zero-order chi connectivity index (χ0) is 13.7. The number of rotatable bonds is 4. The van der Waals surface area contributed by atoms with Gasteiger partial charge in [0.2, 0.25) is 0 Å². The van der Waals surface area contributed by atoms with Crippen molar-refractivity contribution in [1.29, 1.82) is 0 Å². The van der Waals surface area contributed by atoms with E-state index < -0.39 is 0 Å². The third-order valence-electron chi connectivity index (χ3n) is 2.75. The van der Waals surface area contributed by atoms with Crippen LogP contribution in [0.5, 0.6) is 5.75 Å². The highest BCUT2D eigenvalue weighted by molar-refractivity contribution is 6.06. The monoisotopic (exact) mass is 250 g/mol. The zero-order valence-corrected chi connectivity index (χ0v) is 10.4. The van der Waals surface area contributed by atoms with Gasteiger partial charge in [-0.05, 0) is 29.3 Å². The summed E-state index contributed by atoms with van der Waals surface area (Å²) in [5, 5.41) is 9.16. The van der Waals surface area contributed by atoms with Crippen LogP contribution in [0.25, 0.3) is 12.2 Å². The second-order valence-corrected chi connectivity index (χ2v) is 4.12. The number of hydrogen-bond acceptors (Lipinski definition) is 2. The molecule has 0 aliphatic rings. The molecule has 0 radical (unpaired) electrons. The van der Waals surface area contributed by atoms with Crippen molar-refractivity contribution in [3.05, 3.63) is 77.9 Å². The average Bonchev–Trinajstić information content (AvgIpc) is 2.46. The lowest BCUT2D eigenvalue weighted by molar-refractivity contribution is 0.104. The fourth-order valence-electron chi connectivity index (χ4n) is 1.64. The first-order chi connectivity index (χ1) is 9.19. The molecule has 0 aliphatic heterocycles. The van der Waals surface area contributed by atoms with Gasteiger partial charge in [0.25, 0.3) is 0 Å². The molecule has 2 aromatic carbocycles.